The van der Waals surface area contributed by atoms with E-state index in [1.807, 2.05) is 31.2 Å². The summed E-state index contributed by atoms with van der Waals surface area (Å²) in [7, 11) is 0. The number of aromatic nitrogens is 1. The SMILES string of the molecule is Cc1cc(NC(=O)c2cncc(NC3CC3)c2)ccc1Br. The average Bonchev–Trinajstić information content (AvgIpc) is 3.27. The summed E-state index contributed by atoms with van der Waals surface area (Å²) < 4.78 is 1.03. The van der Waals surface area contributed by atoms with Crippen LogP contribution in [-0.4, -0.2) is 16.9 Å². The molecule has 1 aromatic heterocycles. The number of rotatable bonds is 4. The molecule has 0 atom stereocenters. The highest BCUT2D eigenvalue weighted by Crippen LogP contribution is 2.25. The molecule has 1 aliphatic carbocycles. The topological polar surface area (TPSA) is 54.0 Å². The highest BCUT2D eigenvalue weighted by atomic mass is 79.9. The van der Waals surface area contributed by atoms with Crippen LogP contribution >= 0.6 is 15.9 Å². The number of hydrogen-bond acceptors (Lipinski definition) is 3. The number of nitrogens with one attached hydrogen (secondary N) is 2. The Bertz CT molecular complexity index is 683. The number of nitrogens with zero attached hydrogens (tertiary/aromatic N) is 1. The number of benzene rings is 1. The molecule has 108 valence electrons. The van der Waals surface area contributed by atoms with Gasteiger partial charge in [0, 0.05) is 28.6 Å². The van der Waals surface area contributed by atoms with Crippen molar-refractivity contribution in [3.8, 4) is 0 Å². The van der Waals surface area contributed by atoms with Crippen molar-refractivity contribution in [2.75, 3.05) is 10.6 Å². The van der Waals surface area contributed by atoms with Gasteiger partial charge in [0.2, 0.25) is 0 Å². The number of carbonyl (C=O) groups excluding carboxylic acids is 1. The lowest BCUT2D eigenvalue weighted by atomic mass is 10.2. The number of carbonyl (C=O) groups is 1. The van der Waals surface area contributed by atoms with E-state index < -0.39 is 0 Å². The molecule has 3 rings (SSSR count). The zero-order chi connectivity index (χ0) is 14.8. The fourth-order valence-corrected chi connectivity index (χ4v) is 2.28. The first-order valence-electron chi connectivity index (χ1n) is 6.91. The minimum atomic E-state index is -0.149. The molecule has 0 unspecified atom stereocenters. The molecule has 21 heavy (non-hydrogen) atoms. The molecule has 0 saturated heterocycles. The molecular weight excluding hydrogens is 330 g/mol. The molecule has 2 aromatic rings. The molecule has 1 aromatic carbocycles. The molecule has 0 radical (unpaired) electrons. The van der Waals surface area contributed by atoms with Crippen LogP contribution in [0.3, 0.4) is 0 Å². The normalized spacial score (nSPS) is 13.8. The standard InChI is InChI=1S/C16H16BrN3O/c1-10-6-13(4-5-15(10)17)20-16(21)11-7-14(9-18-8-11)19-12-2-3-12/h4-9,12,19H,2-3H2,1H3,(H,20,21). The van der Waals surface area contributed by atoms with E-state index in [0.717, 1.165) is 21.4 Å². The molecule has 1 heterocycles. The monoisotopic (exact) mass is 345 g/mol. The summed E-state index contributed by atoms with van der Waals surface area (Å²) in [4.78, 5) is 16.4. The molecular formula is C16H16BrN3O. The second-order valence-corrected chi connectivity index (χ2v) is 6.15. The van der Waals surface area contributed by atoms with Gasteiger partial charge in [-0.2, -0.15) is 0 Å². The molecule has 2 N–H and O–H groups in total. The first kappa shape index (κ1) is 14.1. The van der Waals surface area contributed by atoms with Crippen molar-refractivity contribution in [2.45, 2.75) is 25.8 Å². The zero-order valence-corrected chi connectivity index (χ0v) is 13.3. The van der Waals surface area contributed by atoms with E-state index in [-0.39, 0.29) is 5.91 Å². The van der Waals surface area contributed by atoms with Gasteiger partial charge in [-0.25, -0.2) is 0 Å². The summed E-state index contributed by atoms with van der Waals surface area (Å²) in [6.07, 6.45) is 5.71. The summed E-state index contributed by atoms with van der Waals surface area (Å²) in [5.41, 5.74) is 3.31. The third kappa shape index (κ3) is 3.61. The lowest BCUT2D eigenvalue weighted by Crippen LogP contribution is -2.13. The van der Waals surface area contributed by atoms with Crippen LogP contribution in [0.4, 0.5) is 11.4 Å². The third-order valence-corrected chi connectivity index (χ3v) is 4.25. The highest BCUT2D eigenvalue weighted by Gasteiger charge is 2.21. The molecule has 0 aliphatic heterocycles. The number of pyridine rings is 1. The molecule has 1 fully saturated rings. The summed E-state index contributed by atoms with van der Waals surface area (Å²) >= 11 is 3.45. The smallest absolute Gasteiger partial charge is 0.257 e. The predicted molar refractivity (Wildman–Crippen MR) is 87.7 cm³/mol. The van der Waals surface area contributed by atoms with Crippen LogP contribution in [0.1, 0.15) is 28.8 Å². The van der Waals surface area contributed by atoms with Gasteiger partial charge >= 0.3 is 0 Å². The van der Waals surface area contributed by atoms with Crippen molar-refractivity contribution in [2.24, 2.45) is 0 Å². The van der Waals surface area contributed by atoms with E-state index in [9.17, 15) is 4.79 Å². The second kappa shape index (κ2) is 5.85. The van der Waals surface area contributed by atoms with Crippen LogP contribution < -0.4 is 10.6 Å². The Labute approximate surface area is 132 Å². The Morgan fingerprint density at radius 2 is 2.05 bits per heavy atom. The van der Waals surface area contributed by atoms with Crippen LogP contribution in [0.2, 0.25) is 0 Å². The number of amides is 1. The minimum Gasteiger partial charge on any atom is -0.381 e. The van der Waals surface area contributed by atoms with Crippen LogP contribution in [0, 0.1) is 6.92 Å². The summed E-state index contributed by atoms with van der Waals surface area (Å²) in [6.45, 7) is 1.99. The van der Waals surface area contributed by atoms with Gasteiger partial charge in [-0.1, -0.05) is 15.9 Å². The van der Waals surface area contributed by atoms with Gasteiger partial charge in [0.1, 0.15) is 0 Å². The summed E-state index contributed by atoms with van der Waals surface area (Å²) in [5, 5.41) is 6.24. The lowest BCUT2D eigenvalue weighted by molar-refractivity contribution is 0.102. The zero-order valence-electron chi connectivity index (χ0n) is 11.7. The van der Waals surface area contributed by atoms with E-state index in [0.29, 0.717) is 11.6 Å². The maximum Gasteiger partial charge on any atom is 0.257 e. The van der Waals surface area contributed by atoms with Gasteiger partial charge in [-0.3, -0.25) is 9.78 Å². The molecule has 0 spiro atoms. The summed E-state index contributed by atoms with van der Waals surface area (Å²) in [5.74, 6) is -0.149. The van der Waals surface area contributed by atoms with Crippen LogP contribution in [0.15, 0.2) is 41.1 Å². The summed E-state index contributed by atoms with van der Waals surface area (Å²) in [6, 6.07) is 8.11. The van der Waals surface area contributed by atoms with Gasteiger partial charge in [-0.05, 0) is 49.6 Å². The first-order valence-corrected chi connectivity index (χ1v) is 7.70. The van der Waals surface area contributed by atoms with Crippen molar-refractivity contribution in [1.82, 2.24) is 4.98 Å². The lowest BCUT2D eigenvalue weighted by Gasteiger charge is -2.09. The van der Waals surface area contributed by atoms with Crippen LogP contribution in [0.5, 0.6) is 0 Å². The average molecular weight is 346 g/mol. The van der Waals surface area contributed by atoms with Crippen molar-refractivity contribution in [1.29, 1.82) is 0 Å². The van der Waals surface area contributed by atoms with Gasteiger partial charge in [0.05, 0.1) is 11.3 Å². The van der Waals surface area contributed by atoms with Crippen LogP contribution in [-0.2, 0) is 0 Å². The Morgan fingerprint density at radius 1 is 1.24 bits per heavy atom. The van der Waals surface area contributed by atoms with Crippen LogP contribution in [0.25, 0.3) is 0 Å². The van der Waals surface area contributed by atoms with E-state index in [1.54, 1.807) is 12.4 Å². The molecule has 4 nitrogen and oxygen atoms in total. The number of hydrogen-bond donors (Lipinski definition) is 2. The predicted octanol–water partition coefficient (Wildman–Crippen LogP) is 3.98. The van der Waals surface area contributed by atoms with Gasteiger partial charge in [-0.15, -0.1) is 0 Å². The van der Waals surface area contributed by atoms with Gasteiger partial charge in [0.15, 0.2) is 0 Å². The number of anilines is 2. The van der Waals surface area contributed by atoms with E-state index in [2.05, 4.69) is 31.5 Å². The van der Waals surface area contributed by atoms with Crippen molar-refractivity contribution in [3.63, 3.8) is 0 Å². The first-order chi connectivity index (χ1) is 10.1. The second-order valence-electron chi connectivity index (χ2n) is 5.30. The van der Waals surface area contributed by atoms with Gasteiger partial charge in [0.25, 0.3) is 5.91 Å². The number of halogens is 1. The Morgan fingerprint density at radius 3 is 2.76 bits per heavy atom. The third-order valence-electron chi connectivity index (χ3n) is 3.36. The van der Waals surface area contributed by atoms with Crippen molar-refractivity contribution >= 4 is 33.2 Å². The molecule has 1 saturated carbocycles. The minimum absolute atomic E-state index is 0.149. The Balaban J connectivity index is 1.73. The van der Waals surface area contributed by atoms with Gasteiger partial charge < -0.3 is 10.6 Å². The van der Waals surface area contributed by atoms with E-state index in [4.69, 9.17) is 0 Å². The molecule has 1 amide bonds. The largest absolute Gasteiger partial charge is 0.381 e. The molecule has 5 heteroatoms. The fourth-order valence-electron chi connectivity index (χ4n) is 2.03. The molecule has 1 aliphatic rings. The quantitative estimate of drug-likeness (QED) is 0.881. The number of aryl methyl sites for hydroxylation is 1. The highest BCUT2D eigenvalue weighted by molar-refractivity contribution is 9.10. The van der Waals surface area contributed by atoms with Crippen molar-refractivity contribution in [3.05, 3.63) is 52.3 Å². The van der Waals surface area contributed by atoms with E-state index in [1.165, 1.54) is 12.8 Å². The maximum absolute atomic E-state index is 12.3. The fraction of sp³-hybridized carbons (Fsp3) is 0.250. The maximum atomic E-state index is 12.3. The Hall–Kier alpha value is -1.88. The Kier molecular flexibility index (Phi) is 3.92. The van der Waals surface area contributed by atoms with Crippen molar-refractivity contribution < 1.29 is 4.79 Å². The van der Waals surface area contributed by atoms with E-state index >= 15 is 0 Å². The molecule has 0 bridgehead atoms.